The number of hydrogen-bond acceptors (Lipinski definition) is 4. The minimum Gasteiger partial charge on any atom is -0.493 e. The molecule has 1 N–H and O–H groups in total. The average Bonchev–Trinajstić information content (AvgIpc) is 2.73. The van der Waals surface area contributed by atoms with Crippen LogP contribution < -0.4 is 0 Å². The number of aromatic nitrogens is 3. The van der Waals surface area contributed by atoms with Crippen molar-refractivity contribution in [2.75, 3.05) is 11.5 Å². The molecule has 0 aliphatic carbocycles. The van der Waals surface area contributed by atoms with Gasteiger partial charge >= 0.3 is 0 Å². The molecule has 0 spiro atoms. The number of aromatic hydroxyl groups is 1. The number of nitrogens with zero attached hydrogens (tertiary/aromatic N) is 3. The molecule has 1 aliphatic rings. The smallest absolute Gasteiger partial charge is 0.212 e. The van der Waals surface area contributed by atoms with Crippen LogP contribution in [-0.2, 0) is 0 Å². The lowest BCUT2D eigenvalue weighted by Crippen LogP contribution is -2.14. The third kappa shape index (κ3) is 1.65. The minimum atomic E-state index is 0.0689. The average molecular weight is 235 g/mol. The first-order valence-corrected chi connectivity index (χ1v) is 6.60. The first kappa shape index (κ1) is 9.96. The zero-order valence-electron chi connectivity index (χ0n) is 8.83. The van der Waals surface area contributed by atoms with Crippen molar-refractivity contribution in [2.24, 2.45) is 0 Å². The highest BCUT2D eigenvalue weighted by molar-refractivity contribution is 7.99. The fourth-order valence-electron chi connectivity index (χ4n) is 2.13. The zero-order valence-corrected chi connectivity index (χ0v) is 9.65. The topological polar surface area (TPSA) is 50.9 Å². The molecule has 0 bridgehead atoms. The van der Waals surface area contributed by atoms with Gasteiger partial charge in [-0.2, -0.15) is 16.7 Å². The first-order chi connectivity index (χ1) is 7.84. The van der Waals surface area contributed by atoms with Gasteiger partial charge in [0.2, 0.25) is 5.88 Å². The molecule has 0 saturated carbocycles. The van der Waals surface area contributed by atoms with Crippen LogP contribution in [-0.4, -0.2) is 31.1 Å². The molecule has 3 rings (SSSR count). The maximum absolute atomic E-state index is 9.42. The van der Waals surface area contributed by atoms with Crippen molar-refractivity contribution in [3.8, 4) is 5.88 Å². The van der Waals surface area contributed by atoms with E-state index in [9.17, 15) is 5.11 Å². The largest absolute Gasteiger partial charge is 0.493 e. The maximum atomic E-state index is 9.42. The van der Waals surface area contributed by atoms with E-state index in [1.165, 1.54) is 11.5 Å². The molecule has 1 saturated heterocycles. The third-order valence-corrected chi connectivity index (χ3v) is 4.04. The van der Waals surface area contributed by atoms with Crippen molar-refractivity contribution in [2.45, 2.75) is 18.9 Å². The maximum Gasteiger partial charge on any atom is 0.212 e. The van der Waals surface area contributed by atoms with Gasteiger partial charge in [0.15, 0.2) is 5.65 Å². The van der Waals surface area contributed by atoms with Gasteiger partial charge in [-0.05, 0) is 30.4 Å². The van der Waals surface area contributed by atoms with Crippen LogP contribution in [0.15, 0.2) is 18.5 Å². The highest BCUT2D eigenvalue weighted by atomic mass is 32.2. The molecule has 4 nitrogen and oxygen atoms in total. The Morgan fingerprint density at radius 3 is 2.94 bits per heavy atom. The molecular weight excluding hydrogens is 222 g/mol. The highest BCUT2D eigenvalue weighted by Gasteiger charge is 2.18. The molecule has 84 valence electrons. The first-order valence-electron chi connectivity index (χ1n) is 5.45. The van der Waals surface area contributed by atoms with E-state index in [1.807, 2.05) is 24.2 Å². The summed E-state index contributed by atoms with van der Waals surface area (Å²) in [5.74, 6) is 2.46. The predicted molar refractivity (Wildman–Crippen MR) is 64.8 cm³/mol. The lowest BCUT2D eigenvalue weighted by Gasteiger charge is -2.22. The second kappa shape index (κ2) is 3.97. The highest BCUT2D eigenvalue weighted by Crippen LogP contribution is 2.29. The number of pyridine rings is 1. The van der Waals surface area contributed by atoms with Gasteiger partial charge in [0.1, 0.15) is 5.52 Å². The van der Waals surface area contributed by atoms with Crippen LogP contribution >= 0.6 is 11.8 Å². The summed E-state index contributed by atoms with van der Waals surface area (Å²) in [6, 6.07) is 3.88. The molecule has 3 heterocycles. The van der Waals surface area contributed by atoms with Gasteiger partial charge in [-0.15, -0.1) is 0 Å². The van der Waals surface area contributed by atoms with Gasteiger partial charge in [0, 0.05) is 12.1 Å². The summed E-state index contributed by atoms with van der Waals surface area (Å²) in [6.45, 7) is 0. The molecule has 1 fully saturated rings. The molecule has 2 aromatic heterocycles. The van der Waals surface area contributed by atoms with E-state index in [-0.39, 0.29) is 5.88 Å². The Kier molecular flexibility index (Phi) is 2.47. The van der Waals surface area contributed by atoms with Crippen molar-refractivity contribution in [3.63, 3.8) is 0 Å². The van der Waals surface area contributed by atoms with E-state index >= 15 is 0 Å². The number of rotatable bonds is 1. The van der Waals surface area contributed by atoms with E-state index < -0.39 is 0 Å². The van der Waals surface area contributed by atoms with Crippen LogP contribution in [0.3, 0.4) is 0 Å². The Bertz CT molecular complexity index is 505. The number of fused-ring (bicyclic) bond motifs is 1. The molecule has 0 atom stereocenters. The number of hydrogen-bond donors (Lipinski definition) is 1. The molecule has 2 aromatic rings. The quantitative estimate of drug-likeness (QED) is 0.823. The fraction of sp³-hybridized carbons (Fsp3) is 0.455. The van der Waals surface area contributed by atoms with E-state index in [0.717, 1.165) is 24.0 Å². The SMILES string of the molecule is Oc1ccc2ncn(C3CCSCC3)c2n1. The Morgan fingerprint density at radius 1 is 1.31 bits per heavy atom. The summed E-state index contributed by atoms with van der Waals surface area (Å²) in [5, 5.41) is 9.42. The van der Waals surface area contributed by atoms with Crippen molar-refractivity contribution < 1.29 is 5.11 Å². The second-order valence-electron chi connectivity index (χ2n) is 4.01. The van der Waals surface area contributed by atoms with E-state index in [0.29, 0.717) is 6.04 Å². The third-order valence-electron chi connectivity index (χ3n) is 2.99. The molecule has 1 aliphatic heterocycles. The summed E-state index contributed by atoms with van der Waals surface area (Å²) in [5.41, 5.74) is 1.66. The van der Waals surface area contributed by atoms with E-state index in [1.54, 1.807) is 6.07 Å². The van der Waals surface area contributed by atoms with Crippen LogP contribution in [0.4, 0.5) is 0 Å². The van der Waals surface area contributed by atoms with Crippen LogP contribution in [0.2, 0.25) is 0 Å². The summed E-state index contributed by atoms with van der Waals surface area (Å²) in [4.78, 5) is 8.48. The van der Waals surface area contributed by atoms with Crippen LogP contribution in [0.5, 0.6) is 5.88 Å². The van der Waals surface area contributed by atoms with Gasteiger partial charge in [0.25, 0.3) is 0 Å². The van der Waals surface area contributed by atoms with Crippen LogP contribution in [0.1, 0.15) is 18.9 Å². The predicted octanol–water partition coefficient (Wildman–Crippen LogP) is 2.21. The summed E-state index contributed by atoms with van der Waals surface area (Å²) >= 11 is 2.00. The summed E-state index contributed by atoms with van der Waals surface area (Å²) in [7, 11) is 0. The van der Waals surface area contributed by atoms with Crippen LogP contribution in [0.25, 0.3) is 11.2 Å². The van der Waals surface area contributed by atoms with Gasteiger partial charge in [-0.25, -0.2) is 4.98 Å². The van der Waals surface area contributed by atoms with Crippen molar-refractivity contribution >= 4 is 22.9 Å². The number of thioether (sulfide) groups is 1. The van der Waals surface area contributed by atoms with Crippen LogP contribution in [0, 0.1) is 0 Å². The lowest BCUT2D eigenvalue weighted by molar-refractivity contribution is 0.449. The van der Waals surface area contributed by atoms with Gasteiger partial charge < -0.3 is 9.67 Å². The van der Waals surface area contributed by atoms with E-state index in [4.69, 9.17) is 0 Å². The Morgan fingerprint density at radius 2 is 2.12 bits per heavy atom. The summed E-state index contributed by atoms with van der Waals surface area (Å²) in [6.07, 6.45) is 4.17. The molecule has 0 unspecified atom stereocenters. The molecule has 5 heteroatoms. The van der Waals surface area contributed by atoms with Crippen molar-refractivity contribution in [1.29, 1.82) is 0 Å². The standard InChI is InChI=1S/C11H13N3OS/c15-10-2-1-9-11(13-10)14(7-12-9)8-3-5-16-6-4-8/h1-2,7-8H,3-6H2,(H,13,15). The van der Waals surface area contributed by atoms with Crippen molar-refractivity contribution in [1.82, 2.24) is 14.5 Å². The van der Waals surface area contributed by atoms with E-state index in [2.05, 4.69) is 14.5 Å². The van der Waals surface area contributed by atoms with Crippen molar-refractivity contribution in [3.05, 3.63) is 18.5 Å². The molecule has 16 heavy (non-hydrogen) atoms. The Hall–Kier alpha value is -1.23. The zero-order chi connectivity index (χ0) is 11.0. The molecule has 0 amide bonds. The monoisotopic (exact) mass is 235 g/mol. The Balaban J connectivity index is 2.05. The number of imidazole rings is 1. The minimum absolute atomic E-state index is 0.0689. The Labute approximate surface area is 97.7 Å². The van der Waals surface area contributed by atoms with Gasteiger partial charge in [0.05, 0.1) is 6.33 Å². The lowest BCUT2D eigenvalue weighted by atomic mass is 10.1. The fourth-order valence-corrected chi connectivity index (χ4v) is 3.21. The summed E-state index contributed by atoms with van der Waals surface area (Å²) < 4.78 is 2.11. The van der Waals surface area contributed by atoms with Gasteiger partial charge in [-0.1, -0.05) is 0 Å². The van der Waals surface area contributed by atoms with Gasteiger partial charge in [-0.3, -0.25) is 0 Å². The molecular formula is C11H13N3OS. The molecule has 0 radical (unpaired) electrons. The second-order valence-corrected chi connectivity index (χ2v) is 5.23. The molecule has 0 aromatic carbocycles. The normalized spacial score (nSPS) is 18.0.